The van der Waals surface area contributed by atoms with Gasteiger partial charge < -0.3 is 5.21 Å². The molecule has 0 aliphatic heterocycles. The topological polar surface area (TPSA) is 70.0 Å². The zero-order valence-corrected chi connectivity index (χ0v) is 11.1. The van der Waals surface area contributed by atoms with E-state index in [1.54, 1.807) is 0 Å². The van der Waals surface area contributed by atoms with E-state index in [0.29, 0.717) is 11.8 Å². The van der Waals surface area contributed by atoms with Gasteiger partial charge in [0.25, 0.3) is 0 Å². The van der Waals surface area contributed by atoms with Crippen LogP contribution in [0.5, 0.6) is 0 Å². The molecule has 0 radical (unpaired) electrons. The molecule has 0 spiro atoms. The predicted molar refractivity (Wildman–Crippen MR) is 64.4 cm³/mol. The molecule has 0 aromatic heterocycles. The molecule has 18 heavy (non-hydrogen) atoms. The van der Waals surface area contributed by atoms with Crippen LogP contribution in [0, 0.1) is 28.9 Å². The SMILES string of the molecule is CNC1(O[NH+]([O-])NOC)C2CC3CC(C2)CC1C3. The number of nitrogens with one attached hydrogen (secondary N) is 3. The quantitative estimate of drug-likeness (QED) is 0.467. The molecule has 104 valence electrons. The van der Waals surface area contributed by atoms with Gasteiger partial charge in [-0.05, 0) is 56.6 Å². The van der Waals surface area contributed by atoms with Crippen LogP contribution in [0.4, 0.5) is 0 Å². The van der Waals surface area contributed by atoms with Gasteiger partial charge in [-0.15, -0.1) is 5.34 Å². The molecule has 6 nitrogen and oxygen atoms in total. The fourth-order valence-electron chi connectivity index (χ4n) is 4.77. The summed E-state index contributed by atoms with van der Waals surface area (Å²) in [4.78, 5) is 10.4. The molecule has 0 heterocycles. The highest BCUT2D eigenvalue weighted by molar-refractivity contribution is 5.05. The largest absolute Gasteiger partial charge is 0.578 e. The summed E-state index contributed by atoms with van der Waals surface area (Å²) < 4.78 is 0. The molecular weight excluding hydrogens is 234 g/mol. The molecule has 0 aromatic rings. The Morgan fingerprint density at radius 3 is 2.11 bits per heavy atom. The summed E-state index contributed by atoms with van der Waals surface area (Å²) in [7, 11) is 3.33. The van der Waals surface area contributed by atoms with E-state index in [2.05, 4.69) is 15.7 Å². The van der Waals surface area contributed by atoms with Crippen molar-refractivity contribution in [1.29, 1.82) is 0 Å². The van der Waals surface area contributed by atoms with Gasteiger partial charge >= 0.3 is 0 Å². The molecule has 0 amide bonds. The fraction of sp³-hybridized carbons (Fsp3) is 1.00. The Hall–Kier alpha value is -0.240. The van der Waals surface area contributed by atoms with Gasteiger partial charge in [0.15, 0.2) is 5.72 Å². The number of hydrogen-bond donors (Lipinski definition) is 3. The first kappa shape index (κ1) is 12.8. The summed E-state index contributed by atoms with van der Waals surface area (Å²) in [6.07, 6.45) is 6.14. The van der Waals surface area contributed by atoms with Crippen molar-refractivity contribution in [3.8, 4) is 0 Å². The summed E-state index contributed by atoms with van der Waals surface area (Å²) in [5.41, 5.74) is 1.79. The number of hydrogen-bond acceptors (Lipinski definition) is 5. The maximum absolute atomic E-state index is 11.7. The molecule has 0 aromatic carbocycles. The van der Waals surface area contributed by atoms with Gasteiger partial charge in [-0.1, -0.05) is 0 Å². The van der Waals surface area contributed by atoms with Crippen molar-refractivity contribution in [1.82, 2.24) is 10.9 Å². The highest BCUT2D eigenvalue weighted by Crippen LogP contribution is 2.58. The van der Waals surface area contributed by atoms with Crippen LogP contribution in [0.15, 0.2) is 0 Å². The smallest absolute Gasteiger partial charge is 0.186 e. The first-order valence-electron chi connectivity index (χ1n) is 6.88. The average Bonchev–Trinajstić information content (AvgIpc) is 2.33. The van der Waals surface area contributed by atoms with Crippen LogP contribution >= 0.6 is 0 Å². The first-order valence-corrected chi connectivity index (χ1v) is 6.88. The lowest BCUT2D eigenvalue weighted by Crippen LogP contribution is -3.15. The van der Waals surface area contributed by atoms with Crippen molar-refractivity contribution in [2.75, 3.05) is 14.2 Å². The maximum atomic E-state index is 11.7. The van der Waals surface area contributed by atoms with Crippen LogP contribution in [-0.4, -0.2) is 19.9 Å². The van der Waals surface area contributed by atoms with Crippen LogP contribution in [0.3, 0.4) is 0 Å². The monoisotopic (exact) mass is 257 g/mol. The standard InChI is InChI=1S/C12H23N3O3/c1-13-12(18-15(16)14-17-2)10-4-8-3-9(6-10)7-11(12)5-8/h8-11,13-15H,3-7H2,1-2H3. The molecule has 4 bridgehead atoms. The molecular formula is C12H23N3O3. The second kappa shape index (κ2) is 4.70. The van der Waals surface area contributed by atoms with E-state index in [1.807, 2.05) is 7.05 Å². The Morgan fingerprint density at radius 1 is 1.11 bits per heavy atom. The predicted octanol–water partition coefficient (Wildman–Crippen LogP) is -0.261. The highest BCUT2D eigenvalue weighted by Gasteiger charge is 2.59. The minimum atomic E-state index is -0.487. The third-order valence-corrected chi connectivity index (χ3v) is 5.19. The third kappa shape index (κ3) is 1.88. The summed E-state index contributed by atoms with van der Waals surface area (Å²) in [5, 5.41) is 14.5. The lowest BCUT2D eigenvalue weighted by atomic mass is 9.52. The zero-order chi connectivity index (χ0) is 12.8. The molecule has 1 unspecified atom stereocenters. The van der Waals surface area contributed by atoms with Crippen molar-refractivity contribution in [2.24, 2.45) is 23.7 Å². The Labute approximate surface area is 107 Å². The summed E-state index contributed by atoms with van der Waals surface area (Å²) in [5.74, 6) is 2.62. The summed E-state index contributed by atoms with van der Waals surface area (Å²) in [6.45, 7) is 0. The Balaban J connectivity index is 1.78. The molecule has 4 aliphatic carbocycles. The van der Waals surface area contributed by atoms with Gasteiger partial charge in [-0.2, -0.15) is 4.84 Å². The van der Waals surface area contributed by atoms with Crippen LogP contribution in [0.25, 0.3) is 0 Å². The lowest BCUT2D eigenvalue weighted by molar-refractivity contribution is -1.12. The van der Waals surface area contributed by atoms with Crippen LogP contribution in [0.1, 0.15) is 32.1 Å². The Kier molecular flexibility index (Phi) is 3.34. The van der Waals surface area contributed by atoms with Crippen molar-refractivity contribution >= 4 is 0 Å². The van der Waals surface area contributed by atoms with Gasteiger partial charge in [0.2, 0.25) is 0 Å². The Morgan fingerprint density at radius 2 is 1.67 bits per heavy atom. The molecule has 1 atom stereocenters. The van der Waals surface area contributed by atoms with Crippen LogP contribution < -0.4 is 16.2 Å². The minimum absolute atomic E-state index is 0.460. The second-order valence-electron chi connectivity index (χ2n) is 6.04. The zero-order valence-electron chi connectivity index (χ0n) is 11.1. The van der Waals surface area contributed by atoms with E-state index in [-0.39, 0.29) is 0 Å². The molecule has 3 N–H and O–H groups in total. The normalized spacial score (nSPS) is 47.5. The summed E-state index contributed by atoms with van der Waals surface area (Å²) >= 11 is 0. The van der Waals surface area contributed by atoms with Crippen molar-refractivity contribution in [3.05, 3.63) is 5.21 Å². The van der Waals surface area contributed by atoms with Crippen molar-refractivity contribution in [3.63, 3.8) is 0 Å². The van der Waals surface area contributed by atoms with E-state index in [1.165, 1.54) is 39.2 Å². The van der Waals surface area contributed by atoms with E-state index < -0.39 is 11.1 Å². The van der Waals surface area contributed by atoms with Gasteiger partial charge in [-0.25, -0.2) is 0 Å². The van der Waals surface area contributed by atoms with Gasteiger partial charge in [0.1, 0.15) is 0 Å². The van der Waals surface area contributed by atoms with Gasteiger partial charge in [0.05, 0.1) is 7.11 Å². The molecule has 4 aliphatic rings. The highest BCUT2D eigenvalue weighted by atomic mass is 17.0. The maximum Gasteiger partial charge on any atom is 0.186 e. The molecule has 0 saturated heterocycles. The average molecular weight is 257 g/mol. The minimum Gasteiger partial charge on any atom is -0.578 e. The summed E-state index contributed by atoms with van der Waals surface area (Å²) in [6, 6.07) is 0. The molecule has 4 rings (SSSR count). The van der Waals surface area contributed by atoms with Crippen LogP contribution in [-0.2, 0) is 9.68 Å². The van der Waals surface area contributed by atoms with E-state index in [9.17, 15) is 5.21 Å². The fourth-order valence-corrected chi connectivity index (χ4v) is 4.77. The van der Waals surface area contributed by atoms with Crippen LogP contribution in [0.2, 0.25) is 0 Å². The number of quaternary nitrogens is 1. The second-order valence-corrected chi connectivity index (χ2v) is 6.04. The van der Waals surface area contributed by atoms with Crippen molar-refractivity contribution in [2.45, 2.75) is 37.8 Å². The van der Waals surface area contributed by atoms with E-state index in [0.717, 1.165) is 11.8 Å². The van der Waals surface area contributed by atoms with E-state index in [4.69, 9.17) is 4.84 Å². The number of rotatable bonds is 5. The van der Waals surface area contributed by atoms with Gasteiger partial charge in [-0.3, -0.25) is 10.2 Å². The molecule has 4 fully saturated rings. The lowest BCUT2D eigenvalue weighted by Gasteiger charge is -2.59. The first-order chi connectivity index (χ1) is 8.68. The van der Waals surface area contributed by atoms with Gasteiger partial charge in [0, 0.05) is 11.8 Å². The Bertz CT molecular complexity index is 285. The van der Waals surface area contributed by atoms with Crippen molar-refractivity contribution < 1.29 is 15.0 Å². The van der Waals surface area contributed by atoms with E-state index >= 15 is 0 Å². The third-order valence-electron chi connectivity index (χ3n) is 5.19. The molecule has 4 saturated carbocycles. The molecule has 6 heteroatoms.